The van der Waals surface area contributed by atoms with Crippen LogP contribution in [0.5, 0.6) is 0 Å². The number of hydrogen-bond donors (Lipinski definition) is 1. The first kappa shape index (κ1) is 22.9. The highest BCUT2D eigenvalue weighted by Gasteiger charge is 2.41. The second-order valence-corrected chi connectivity index (χ2v) is 10.4. The highest BCUT2D eigenvalue weighted by atomic mass is 127. The number of likely N-dealkylation sites (N-methyl/N-ethyl adjacent to an activating group) is 1. The van der Waals surface area contributed by atoms with Crippen LogP contribution in [-0.4, -0.2) is 106 Å². The van der Waals surface area contributed by atoms with Crippen LogP contribution in [0, 0.1) is 0 Å². The number of rotatable bonds is 3. The summed E-state index contributed by atoms with van der Waals surface area (Å²) in [6, 6.07) is 0.428. The van der Waals surface area contributed by atoms with E-state index in [4.69, 9.17) is 0 Å². The van der Waals surface area contributed by atoms with Crippen molar-refractivity contribution in [2.75, 3.05) is 65.7 Å². The van der Waals surface area contributed by atoms with Crippen molar-refractivity contribution in [2.45, 2.75) is 31.6 Å². The molecule has 0 amide bonds. The first-order chi connectivity index (χ1) is 11.2. The highest BCUT2D eigenvalue weighted by molar-refractivity contribution is 14.0. The third-order valence-corrected chi connectivity index (χ3v) is 7.80. The molecule has 0 aliphatic carbocycles. The molecule has 2 heterocycles. The number of guanidine groups is 1. The van der Waals surface area contributed by atoms with Crippen LogP contribution >= 0.6 is 24.0 Å². The molecule has 0 saturated carbocycles. The summed E-state index contributed by atoms with van der Waals surface area (Å²) in [5, 5.41) is 3.44. The molecule has 2 saturated heterocycles. The first-order valence-corrected chi connectivity index (χ1v) is 10.4. The number of hydrogen-bond acceptors (Lipinski definition) is 5. The zero-order chi connectivity index (χ0) is 18.0. The second kappa shape index (κ2) is 9.18. The minimum absolute atomic E-state index is 0. The van der Waals surface area contributed by atoms with E-state index in [2.05, 4.69) is 39.0 Å². The zero-order valence-corrected chi connectivity index (χ0v) is 19.3. The molecule has 7 nitrogen and oxygen atoms in total. The summed E-state index contributed by atoms with van der Waals surface area (Å²) in [5.41, 5.74) is 0. The fourth-order valence-corrected chi connectivity index (χ4v) is 4.65. The average Bonchev–Trinajstić information content (AvgIpc) is 2.51. The highest BCUT2D eigenvalue weighted by Crippen LogP contribution is 2.23. The van der Waals surface area contributed by atoms with Gasteiger partial charge in [-0.05, 0) is 27.8 Å². The van der Waals surface area contributed by atoms with Gasteiger partial charge in [-0.3, -0.25) is 9.89 Å². The lowest BCUT2D eigenvalue weighted by Crippen LogP contribution is -2.58. The molecule has 2 aliphatic rings. The van der Waals surface area contributed by atoms with E-state index < -0.39 is 14.6 Å². The SMILES string of the molecule is CN=C(NCC(C)N1CCN(C)CC1)N1CCS(=O)(=O)C(C)(C)C1.I. The monoisotopic (exact) mass is 487 g/mol. The molecular formula is C16H34IN5O2S. The van der Waals surface area contributed by atoms with Crippen LogP contribution in [-0.2, 0) is 9.84 Å². The summed E-state index contributed by atoms with van der Waals surface area (Å²) >= 11 is 0. The fraction of sp³-hybridized carbons (Fsp3) is 0.938. The van der Waals surface area contributed by atoms with E-state index in [0.717, 1.165) is 38.7 Å². The summed E-state index contributed by atoms with van der Waals surface area (Å²) in [5.74, 6) is 0.994. The second-order valence-electron chi connectivity index (χ2n) is 7.62. The molecule has 0 aromatic rings. The van der Waals surface area contributed by atoms with Gasteiger partial charge in [-0.2, -0.15) is 0 Å². The number of aliphatic imine (C=N–C) groups is 1. The normalized spacial score (nSPS) is 26.0. The molecule has 2 fully saturated rings. The van der Waals surface area contributed by atoms with Gasteiger partial charge >= 0.3 is 0 Å². The van der Waals surface area contributed by atoms with Crippen LogP contribution < -0.4 is 5.32 Å². The Kier molecular flexibility index (Phi) is 8.42. The molecule has 1 N–H and O–H groups in total. The number of halogens is 1. The van der Waals surface area contributed by atoms with Gasteiger partial charge in [0, 0.05) is 58.9 Å². The van der Waals surface area contributed by atoms with Crippen molar-refractivity contribution in [3.8, 4) is 0 Å². The van der Waals surface area contributed by atoms with Gasteiger partial charge in [-0.25, -0.2) is 8.42 Å². The predicted octanol–water partition coefficient (Wildman–Crippen LogP) is 0.325. The third kappa shape index (κ3) is 5.67. The molecule has 0 spiro atoms. The van der Waals surface area contributed by atoms with Gasteiger partial charge in [0.2, 0.25) is 0 Å². The van der Waals surface area contributed by atoms with Crippen molar-refractivity contribution >= 4 is 39.8 Å². The van der Waals surface area contributed by atoms with E-state index in [9.17, 15) is 8.42 Å². The van der Waals surface area contributed by atoms with Crippen molar-refractivity contribution in [3.05, 3.63) is 0 Å². The lowest BCUT2D eigenvalue weighted by molar-refractivity contribution is 0.119. The Morgan fingerprint density at radius 1 is 1.20 bits per heavy atom. The standard InChI is InChI=1S/C16H33N5O2S.HI/c1-14(20-8-6-19(5)7-9-20)12-18-15(17-4)21-10-11-24(22,23)16(2,3)13-21;/h14H,6-13H2,1-5H3,(H,17,18);1H. The Bertz CT molecular complexity index is 559. The largest absolute Gasteiger partial charge is 0.355 e. The molecule has 0 aromatic heterocycles. The third-order valence-electron chi connectivity index (χ3n) is 5.27. The van der Waals surface area contributed by atoms with Crippen molar-refractivity contribution in [3.63, 3.8) is 0 Å². The molecule has 2 rings (SSSR count). The minimum atomic E-state index is -3.03. The van der Waals surface area contributed by atoms with Gasteiger partial charge in [0.15, 0.2) is 15.8 Å². The average molecular weight is 487 g/mol. The maximum Gasteiger partial charge on any atom is 0.193 e. The van der Waals surface area contributed by atoms with Crippen LogP contribution in [0.4, 0.5) is 0 Å². The molecule has 0 aromatic carbocycles. The molecular weight excluding hydrogens is 453 g/mol. The van der Waals surface area contributed by atoms with Crippen LogP contribution in [0.15, 0.2) is 4.99 Å². The maximum absolute atomic E-state index is 12.2. The summed E-state index contributed by atoms with van der Waals surface area (Å²) in [6.45, 7) is 12.0. The van der Waals surface area contributed by atoms with E-state index in [1.165, 1.54) is 0 Å². The van der Waals surface area contributed by atoms with Crippen molar-refractivity contribution < 1.29 is 8.42 Å². The van der Waals surface area contributed by atoms with E-state index in [0.29, 0.717) is 19.1 Å². The van der Waals surface area contributed by atoms with E-state index >= 15 is 0 Å². The molecule has 0 radical (unpaired) electrons. The quantitative estimate of drug-likeness (QED) is 0.352. The van der Waals surface area contributed by atoms with Gasteiger partial charge in [-0.15, -0.1) is 24.0 Å². The molecule has 2 aliphatic heterocycles. The Hall–Kier alpha value is -0.130. The van der Waals surface area contributed by atoms with Gasteiger partial charge in [-0.1, -0.05) is 0 Å². The smallest absolute Gasteiger partial charge is 0.193 e. The van der Waals surface area contributed by atoms with E-state index in [1.807, 2.05) is 0 Å². The molecule has 148 valence electrons. The first-order valence-electron chi connectivity index (χ1n) is 8.77. The number of nitrogens with zero attached hydrogens (tertiary/aromatic N) is 4. The Labute approximate surface area is 170 Å². The number of sulfone groups is 1. The van der Waals surface area contributed by atoms with Crippen LogP contribution in [0.1, 0.15) is 20.8 Å². The molecule has 1 atom stereocenters. The number of nitrogens with one attached hydrogen (secondary N) is 1. The Balaban J connectivity index is 0.00000312. The maximum atomic E-state index is 12.2. The van der Waals surface area contributed by atoms with Crippen molar-refractivity contribution in [1.29, 1.82) is 0 Å². The van der Waals surface area contributed by atoms with Gasteiger partial charge in [0.1, 0.15) is 0 Å². The summed E-state index contributed by atoms with van der Waals surface area (Å²) in [6.07, 6.45) is 0. The Morgan fingerprint density at radius 2 is 1.80 bits per heavy atom. The topological polar surface area (TPSA) is 68.2 Å². The number of piperazine rings is 1. The summed E-state index contributed by atoms with van der Waals surface area (Å²) in [7, 11) is 0.897. The molecule has 0 bridgehead atoms. The van der Waals surface area contributed by atoms with Crippen LogP contribution in [0.25, 0.3) is 0 Å². The van der Waals surface area contributed by atoms with Gasteiger partial charge in [0.05, 0.1) is 10.5 Å². The minimum Gasteiger partial charge on any atom is -0.355 e. The van der Waals surface area contributed by atoms with E-state index in [-0.39, 0.29) is 29.7 Å². The fourth-order valence-electron chi connectivity index (χ4n) is 3.29. The Morgan fingerprint density at radius 3 is 2.32 bits per heavy atom. The predicted molar refractivity (Wildman–Crippen MR) is 115 cm³/mol. The molecule has 9 heteroatoms. The van der Waals surface area contributed by atoms with Gasteiger partial charge < -0.3 is 15.1 Å². The van der Waals surface area contributed by atoms with Gasteiger partial charge in [0.25, 0.3) is 0 Å². The van der Waals surface area contributed by atoms with E-state index in [1.54, 1.807) is 20.9 Å². The van der Waals surface area contributed by atoms with Crippen molar-refractivity contribution in [2.24, 2.45) is 4.99 Å². The summed E-state index contributed by atoms with van der Waals surface area (Å²) in [4.78, 5) is 11.3. The van der Waals surface area contributed by atoms with Crippen molar-refractivity contribution in [1.82, 2.24) is 20.0 Å². The lowest BCUT2D eigenvalue weighted by atomic mass is 10.2. The molecule has 25 heavy (non-hydrogen) atoms. The lowest BCUT2D eigenvalue weighted by Gasteiger charge is -2.40. The summed E-state index contributed by atoms with van der Waals surface area (Å²) < 4.78 is 23.6. The van der Waals surface area contributed by atoms with Crippen LogP contribution in [0.3, 0.4) is 0 Å². The van der Waals surface area contributed by atoms with Crippen LogP contribution in [0.2, 0.25) is 0 Å². The molecule has 1 unspecified atom stereocenters. The zero-order valence-electron chi connectivity index (χ0n) is 16.2.